The van der Waals surface area contributed by atoms with Gasteiger partial charge in [-0.25, -0.2) is 14.4 Å². The first-order valence-corrected chi connectivity index (χ1v) is 28.3. The number of nitrogens with one attached hydrogen (secondary N) is 6. The highest BCUT2D eigenvalue weighted by atomic mass is 16.7. The number of aliphatic carboxylic acids is 1. The van der Waals surface area contributed by atoms with E-state index in [-0.39, 0.29) is 93.6 Å². The van der Waals surface area contributed by atoms with E-state index >= 15 is 0 Å². The van der Waals surface area contributed by atoms with Crippen LogP contribution in [0.1, 0.15) is 135 Å². The highest BCUT2D eigenvalue weighted by molar-refractivity contribution is 6.05. The fraction of sp³-hybridized carbons (Fsp3) is 0.450. The average molecular weight is 1190 g/mol. The Labute approximate surface area is 493 Å². The van der Waals surface area contributed by atoms with Crippen LogP contribution >= 0.6 is 0 Å². The van der Waals surface area contributed by atoms with Crippen molar-refractivity contribution >= 4 is 59.1 Å². The van der Waals surface area contributed by atoms with Gasteiger partial charge < -0.3 is 81.4 Å². The minimum Gasteiger partial charge on any atom is -0.489 e. The number of unbranched alkanes of at least 4 members (excludes halogenated alkanes) is 2. The van der Waals surface area contributed by atoms with Crippen LogP contribution in [0.3, 0.4) is 0 Å². The van der Waals surface area contributed by atoms with Crippen molar-refractivity contribution in [2.45, 2.75) is 156 Å². The molecule has 0 bridgehead atoms. The van der Waals surface area contributed by atoms with E-state index in [2.05, 4.69) is 31.9 Å². The van der Waals surface area contributed by atoms with E-state index in [1.54, 1.807) is 55.5 Å². The van der Waals surface area contributed by atoms with Gasteiger partial charge in [-0.2, -0.15) is 0 Å². The third kappa shape index (κ3) is 21.6. The minimum absolute atomic E-state index is 0.000626. The maximum absolute atomic E-state index is 13.5. The molecule has 0 spiro atoms. The SMILES string of the molecule is CC.CC.CCC(C)=O.NCCCCCC(=O)NCCNC(=O)c1cc(COC(=O)NCc2ccc(COc3ccc(NC(=O)NCc4ccc5c(c4)CN(C4CCC(=O)NC4=O)C5=O)cc3)cc2)ccc1OC1OC(C(=O)O)[C@@H](O)C(O)C1O. The predicted octanol–water partition coefficient (Wildman–Crippen LogP) is 4.45. The number of fused-ring (bicyclic) bond motifs is 1. The standard InChI is InChI=1S/C52H60N8O16.C4H8O.2C2H6/c53-19-3-1-2-4-40(61)54-20-21-55-46(66)37-23-32(10-17-39(37)75-50-44(65)42(63)43(64)45(76-50)49(69)70)28-74-52(72)57-24-29-5-7-30(8-6-29)27-73-35-13-11-34(12-14-35)58-51(71)56-25-31-9-15-36-33(22-31)26-60(48(36)68)38-16-18-41(62)59-47(38)67;1-3-4(2)5;2*1-2/h5-15,17,22-23,38,42-45,50,63-65H,1-4,16,18-21,24-28,53H2,(H,54,61)(H,55,66)(H,57,72)(H,69,70)(H2,56,58,71)(H,59,62,67);3H2,1-2H3;2*1-2H3/t38?,42?,43-,44?,45?,50?;;;/m0.../s1. The van der Waals surface area contributed by atoms with Crippen molar-refractivity contribution in [3.63, 3.8) is 0 Å². The number of amides is 8. The molecule has 0 saturated carbocycles. The Morgan fingerprint density at radius 3 is 2.05 bits per heavy atom. The van der Waals surface area contributed by atoms with Gasteiger partial charge in [-0.1, -0.05) is 83.5 Å². The Morgan fingerprint density at radius 1 is 0.741 bits per heavy atom. The number of urea groups is 1. The Balaban J connectivity index is 0.00000162. The first kappa shape index (κ1) is 69.0. The second-order valence-corrected chi connectivity index (χ2v) is 19.2. The maximum Gasteiger partial charge on any atom is 0.407 e. The lowest BCUT2D eigenvalue weighted by Crippen LogP contribution is -2.61. The van der Waals surface area contributed by atoms with Crippen LogP contribution in [-0.4, -0.2) is 135 Å². The van der Waals surface area contributed by atoms with Gasteiger partial charge in [0, 0.05) is 63.2 Å². The van der Waals surface area contributed by atoms with Crippen LogP contribution in [0.4, 0.5) is 15.3 Å². The number of benzene rings is 4. The number of Topliss-reactive ketones (excluding diaryl/α,β-unsaturated/α-hetero) is 1. The molecule has 12 N–H and O–H groups in total. The summed E-state index contributed by atoms with van der Waals surface area (Å²) in [5.74, 6) is -3.06. The number of ether oxygens (including phenoxy) is 4. The van der Waals surface area contributed by atoms with Gasteiger partial charge in [-0.3, -0.25) is 29.3 Å². The number of alkyl carbamates (subject to hydrolysis) is 1. The second kappa shape index (κ2) is 35.6. The monoisotopic (exact) mass is 1180 g/mol. The van der Waals surface area contributed by atoms with Crippen molar-refractivity contribution in [2.75, 3.05) is 25.0 Å². The van der Waals surface area contributed by atoms with E-state index in [1.807, 2.05) is 52.8 Å². The first-order valence-electron chi connectivity index (χ1n) is 28.3. The van der Waals surface area contributed by atoms with Crippen LogP contribution < -0.4 is 47.1 Å². The number of nitrogens with two attached hydrogens (primary N) is 1. The molecule has 4 aromatic rings. The minimum atomic E-state index is -1.97. The highest BCUT2D eigenvalue weighted by Gasteiger charge is 2.48. The second-order valence-electron chi connectivity index (χ2n) is 19.2. The molecule has 0 radical (unpaired) electrons. The van der Waals surface area contributed by atoms with Crippen LogP contribution in [0.2, 0.25) is 0 Å². The Hall–Kier alpha value is -8.49. The molecule has 25 heteroatoms. The third-order valence-corrected chi connectivity index (χ3v) is 13.1. The van der Waals surface area contributed by atoms with Crippen LogP contribution in [0.25, 0.3) is 0 Å². The van der Waals surface area contributed by atoms with E-state index in [0.29, 0.717) is 48.4 Å². The fourth-order valence-corrected chi connectivity index (χ4v) is 8.41. The summed E-state index contributed by atoms with van der Waals surface area (Å²) in [6.07, 6.45) is -6.73. The molecule has 462 valence electrons. The molecule has 6 atom stereocenters. The molecular formula is C60H80N8O17. The summed E-state index contributed by atoms with van der Waals surface area (Å²) in [7, 11) is 0. The summed E-state index contributed by atoms with van der Waals surface area (Å²) in [5.41, 5.74) is 9.75. The summed E-state index contributed by atoms with van der Waals surface area (Å²) < 4.78 is 22.3. The maximum atomic E-state index is 13.5. The topological polar surface area (TPSA) is 373 Å². The van der Waals surface area contributed by atoms with Gasteiger partial charge in [0.15, 0.2) is 6.10 Å². The van der Waals surface area contributed by atoms with Gasteiger partial charge in [0.1, 0.15) is 54.8 Å². The highest BCUT2D eigenvalue weighted by Crippen LogP contribution is 2.30. The van der Waals surface area contributed by atoms with E-state index in [1.165, 1.54) is 23.1 Å². The lowest BCUT2D eigenvalue weighted by Gasteiger charge is -2.38. The number of hydrogen-bond donors (Lipinski definition) is 11. The van der Waals surface area contributed by atoms with Crippen molar-refractivity contribution in [1.82, 2.24) is 31.5 Å². The normalized spacial score (nSPS) is 18.4. The summed E-state index contributed by atoms with van der Waals surface area (Å²) in [4.78, 5) is 111. The molecule has 5 unspecified atom stereocenters. The molecule has 0 aromatic heterocycles. The summed E-state index contributed by atoms with van der Waals surface area (Å²) in [5, 5.41) is 56.3. The molecule has 3 heterocycles. The van der Waals surface area contributed by atoms with Gasteiger partial charge in [0.25, 0.3) is 11.8 Å². The Kier molecular flexibility index (Phi) is 28.9. The van der Waals surface area contributed by atoms with Gasteiger partial charge in [-0.15, -0.1) is 0 Å². The molecule has 4 aromatic carbocycles. The number of rotatable bonds is 24. The predicted molar refractivity (Wildman–Crippen MR) is 311 cm³/mol. The number of carboxylic acids is 1. The zero-order chi connectivity index (χ0) is 62.6. The molecule has 2 fully saturated rings. The number of carbonyl (C=O) groups excluding carboxylic acids is 8. The molecule has 85 heavy (non-hydrogen) atoms. The molecule has 8 amide bonds. The lowest BCUT2D eigenvalue weighted by atomic mass is 9.99. The number of imide groups is 1. The van der Waals surface area contributed by atoms with E-state index < -0.39 is 66.7 Å². The molecule has 3 aliphatic heterocycles. The van der Waals surface area contributed by atoms with Crippen LogP contribution in [0.5, 0.6) is 11.5 Å². The van der Waals surface area contributed by atoms with Crippen molar-refractivity contribution < 1.29 is 82.5 Å². The number of aliphatic hydroxyl groups is 3. The number of anilines is 1. The van der Waals surface area contributed by atoms with Gasteiger partial charge in [-0.05, 0) is 103 Å². The summed E-state index contributed by atoms with van der Waals surface area (Å²) in [6.45, 7) is 12.5. The van der Waals surface area contributed by atoms with Gasteiger partial charge >= 0.3 is 18.1 Å². The van der Waals surface area contributed by atoms with Crippen LogP contribution in [-0.2, 0) is 66.3 Å². The number of carboxylic acid groups (broad SMARTS) is 1. The van der Waals surface area contributed by atoms with Crippen molar-refractivity contribution in [1.29, 1.82) is 0 Å². The number of aliphatic hydroxyl groups excluding tert-OH is 3. The summed E-state index contributed by atoms with van der Waals surface area (Å²) >= 11 is 0. The lowest BCUT2D eigenvalue weighted by molar-refractivity contribution is -0.271. The van der Waals surface area contributed by atoms with Crippen molar-refractivity contribution in [2.24, 2.45) is 5.73 Å². The molecule has 2 saturated heterocycles. The largest absolute Gasteiger partial charge is 0.489 e. The number of nitrogens with zero attached hydrogens (tertiary/aromatic N) is 1. The van der Waals surface area contributed by atoms with Crippen molar-refractivity contribution in [3.8, 4) is 11.5 Å². The molecular weight excluding hydrogens is 1100 g/mol. The molecule has 0 aliphatic carbocycles. The molecule has 25 nitrogen and oxygen atoms in total. The molecule has 3 aliphatic rings. The van der Waals surface area contributed by atoms with E-state index in [0.717, 1.165) is 35.1 Å². The Bertz CT molecular complexity index is 2890. The van der Waals surface area contributed by atoms with Crippen LogP contribution in [0, 0.1) is 0 Å². The summed E-state index contributed by atoms with van der Waals surface area (Å²) in [6, 6.07) is 22.2. The Morgan fingerprint density at radius 2 is 1.39 bits per heavy atom. The number of carbonyl (C=O) groups is 9. The van der Waals surface area contributed by atoms with Gasteiger partial charge in [0.2, 0.25) is 24.0 Å². The number of ketones is 1. The van der Waals surface area contributed by atoms with E-state index in [4.69, 9.17) is 24.7 Å². The fourth-order valence-electron chi connectivity index (χ4n) is 8.41. The van der Waals surface area contributed by atoms with Crippen molar-refractivity contribution in [3.05, 3.63) is 124 Å². The number of piperidine rings is 1. The average Bonchev–Trinajstić information content (AvgIpc) is 2.59. The zero-order valence-corrected chi connectivity index (χ0v) is 48.8. The van der Waals surface area contributed by atoms with E-state index in [9.17, 15) is 63.6 Å². The quantitative estimate of drug-likeness (QED) is 0.0341. The molecule has 7 rings (SSSR count). The van der Waals surface area contributed by atoms with Gasteiger partial charge in [0.05, 0.1) is 5.56 Å². The third-order valence-electron chi connectivity index (χ3n) is 13.1. The smallest absolute Gasteiger partial charge is 0.407 e. The van der Waals surface area contributed by atoms with Crippen LogP contribution in [0.15, 0.2) is 84.9 Å². The zero-order valence-electron chi connectivity index (χ0n) is 48.8. The number of hydrogen-bond acceptors (Lipinski definition) is 17. The first-order chi connectivity index (χ1) is 40.8.